The van der Waals surface area contributed by atoms with Gasteiger partial charge in [0.2, 0.25) is 0 Å². The minimum absolute atomic E-state index is 0.0597. The van der Waals surface area contributed by atoms with E-state index in [0.29, 0.717) is 86.1 Å². The van der Waals surface area contributed by atoms with Crippen LogP contribution in [0.2, 0.25) is 0 Å². The van der Waals surface area contributed by atoms with Gasteiger partial charge >= 0.3 is 5.97 Å². The van der Waals surface area contributed by atoms with E-state index in [1.807, 2.05) is 0 Å². The summed E-state index contributed by atoms with van der Waals surface area (Å²) >= 11 is 0. The maximum Gasteiger partial charge on any atom is 0.306 e. The highest BCUT2D eigenvalue weighted by Crippen LogP contribution is 2.39. The number of alkyl halides is 6. The molecule has 364 valence electrons. The van der Waals surface area contributed by atoms with Crippen molar-refractivity contribution in [2.24, 2.45) is 17.4 Å². The van der Waals surface area contributed by atoms with Gasteiger partial charge < -0.3 is 30.9 Å². The van der Waals surface area contributed by atoms with Gasteiger partial charge in [0.15, 0.2) is 0 Å². The molecule has 3 aliphatic heterocycles. The first kappa shape index (κ1) is 50.6. The Kier molecular flexibility index (Phi) is 14.7. The summed E-state index contributed by atoms with van der Waals surface area (Å²) in [5.41, 5.74) is 15.5. The maximum atomic E-state index is 14.5. The Morgan fingerprint density at radius 3 is 1.27 bits per heavy atom. The van der Waals surface area contributed by atoms with Crippen LogP contribution in [-0.4, -0.2) is 95.6 Å². The van der Waals surface area contributed by atoms with Crippen LogP contribution in [0.4, 0.5) is 43.4 Å². The summed E-state index contributed by atoms with van der Waals surface area (Å²) in [7, 11) is 0. The van der Waals surface area contributed by atoms with E-state index >= 15 is 0 Å². The third-order valence-corrected chi connectivity index (χ3v) is 11.9. The number of nitrogens with zero attached hydrogens (tertiary/aromatic N) is 9. The Balaban J connectivity index is 0.000000157. The fraction of sp³-hybridized carbons (Fsp3) is 0.392. The van der Waals surface area contributed by atoms with E-state index in [-0.39, 0.29) is 38.8 Å². The van der Waals surface area contributed by atoms with Gasteiger partial charge in [0.1, 0.15) is 23.8 Å². The first-order valence-electron chi connectivity index (χ1n) is 22.5. The van der Waals surface area contributed by atoms with Gasteiger partial charge in [-0.1, -0.05) is 0 Å². The highest BCUT2D eigenvalue weighted by Gasteiger charge is 2.43. The number of nitrogens with two attached hydrogens (primary N) is 2. The smallest absolute Gasteiger partial charge is 0.306 e. The van der Waals surface area contributed by atoms with E-state index in [4.69, 9.17) is 26.7 Å². The van der Waals surface area contributed by atoms with Crippen molar-refractivity contribution in [3.63, 3.8) is 0 Å². The van der Waals surface area contributed by atoms with Gasteiger partial charge in [0.05, 0.1) is 59.3 Å². The molecule has 3 aromatic carbocycles. The van der Waals surface area contributed by atoms with Crippen LogP contribution in [0.5, 0.6) is 0 Å². The summed E-state index contributed by atoms with van der Waals surface area (Å²) in [5, 5.41) is 29.6. The predicted molar refractivity (Wildman–Crippen MR) is 255 cm³/mol. The quantitative estimate of drug-likeness (QED) is 0.123. The second kappa shape index (κ2) is 20.4. The van der Waals surface area contributed by atoms with E-state index < -0.39 is 53.9 Å². The molecule has 0 aliphatic carbocycles. The number of aromatic nitrogens is 3. The molecule has 0 spiro atoms. The fourth-order valence-corrected chi connectivity index (χ4v) is 9.36. The Morgan fingerprint density at radius 1 is 0.600 bits per heavy atom. The number of ether oxygens (including phenoxy) is 1. The van der Waals surface area contributed by atoms with Crippen molar-refractivity contribution in [3.8, 4) is 18.2 Å². The van der Waals surface area contributed by atoms with Crippen molar-refractivity contribution in [1.82, 2.24) is 15.0 Å². The lowest BCUT2D eigenvalue weighted by Gasteiger charge is -2.39. The first-order chi connectivity index (χ1) is 33.1. The van der Waals surface area contributed by atoms with Gasteiger partial charge in [-0.3, -0.25) is 19.7 Å². The average molecular weight is 964 g/mol. The monoisotopic (exact) mass is 963 g/mol. The average Bonchev–Trinajstić information content (AvgIpc) is 3.28. The lowest BCUT2D eigenvalue weighted by Crippen LogP contribution is -2.52. The van der Waals surface area contributed by atoms with Gasteiger partial charge in [-0.15, -0.1) is 0 Å². The molecule has 0 bridgehead atoms. The van der Waals surface area contributed by atoms with Crippen LogP contribution in [0, 0.1) is 39.9 Å². The molecule has 13 nitrogen and oxygen atoms in total. The molecule has 3 aliphatic rings. The Labute approximate surface area is 400 Å². The number of halogens is 6. The fourth-order valence-electron chi connectivity index (χ4n) is 9.36. The van der Waals surface area contributed by atoms with E-state index in [1.54, 1.807) is 127 Å². The number of carbonyl (C=O) groups excluding carboxylic acids is 1. The van der Waals surface area contributed by atoms with Crippen LogP contribution in [0.25, 0.3) is 32.7 Å². The zero-order valence-electron chi connectivity index (χ0n) is 38.7. The number of benzene rings is 3. The SMILES string of the molecule is CC(C)(C)OC(=O)CC1CN(c2ccc(C#N)c3ncccc23)CC(F)(F)C1.N#Cc1ccc(N2CC(N)CC(F)(F)C2)c2cccnc12.N#Cc1ccc(N2CC(N)CC(F)(F)C2)c2cccnc12. The molecule has 6 heterocycles. The van der Waals surface area contributed by atoms with Crippen LogP contribution in [-0.2, 0) is 9.53 Å². The topological polar surface area (TPSA) is 198 Å². The predicted octanol–water partition coefficient (Wildman–Crippen LogP) is 8.86. The van der Waals surface area contributed by atoms with Crippen LogP contribution >= 0.6 is 0 Å². The van der Waals surface area contributed by atoms with E-state index in [0.717, 1.165) is 0 Å². The molecule has 3 saturated heterocycles. The van der Waals surface area contributed by atoms with Crippen LogP contribution in [0.3, 0.4) is 0 Å². The minimum Gasteiger partial charge on any atom is -0.460 e. The molecule has 70 heavy (non-hydrogen) atoms. The molecule has 3 unspecified atom stereocenters. The number of rotatable bonds is 5. The summed E-state index contributed by atoms with van der Waals surface area (Å²) in [5.74, 6) is -9.53. The molecule has 3 aromatic heterocycles. The number of esters is 1. The van der Waals surface area contributed by atoms with E-state index in [2.05, 4.69) is 33.2 Å². The summed E-state index contributed by atoms with van der Waals surface area (Å²) in [6.45, 7) is 5.14. The largest absolute Gasteiger partial charge is 0.460 e. The zero-order valence-corrected chi connectivity index (χ0v) is 38.7. The number of hydrogen-bond donors (Lipinski definition) is 2. The summed E-state index contributed by atoms with van der Waals surface area (Å²) in [6, 6.07) is 25.5. The number of fused-ring (bicyclic) bond motifs is 3. The minimum atomic E-state index is -2.92. The normalized spacial score (nSPS) is 20.5. The second-order valence-corrected chi connectivity index (χ2v) is 18.9. The number of pyridine rings is 3. The van der Waals surface area contributed by atoms with Crippen molar-refractivity contribution >= 4 is 55.7 Å². The Bertz CT molecular complexity index is 2890. The zero-order chi connectivity index (χ0) is 50.6. The molecule has 3 atom stereocenters. The van der Waals surface area contributed by atoms with Crippen molar-refractivity contribution in [3.05, 3.63) is 108 Å². The summed E-state index contributed by atoms with van der Waals surface area (Å²) in [4.78, 5) is 29.5. The number of hydrogen-bond acceptors (Lipinski definition) is 13. The molecular weight excluding hydrogens is 913 g/mol. The third kappa shape index (κ3) is 12.1. The van der Waals surface area contributed by atoms with Crippen LogP contribution in [0.15, 0.2) is 91.4 Å². The van der Waals surface area contributed by atoms with E-state index in [1.165, 1.54) is 0 Å². The molecular formula is C51H51F6N11O2. The van der Waals surface area contributed by atoms with Crippen LogP contribution in [0.1, 0.15) is 63.1 Å². The lowest BCUT2D eigenvalue weighted by molar-refractivity contribution is -0.156. The van der Waals surface area contributed by atoms with Gasteiger partial charge in [-0.2, -0.15) is 15.8 Å². The number of carbonyl (C=O) groups is 1. The highest BCUT2D eigenvalue weighted by molar-refractivity contribution is 5.97. The lowest BCUT2D eigenvalue weighted by atomic mass is 9.91. The van der Waals surface area contributed by atoms with E-state index in [9.17, 15) is 36.4 Å². The number of piperidine rings is 3. The molecule has 0 amide bonds. The van der Waals surface area contributed by atoms with Gasteiger partial charge in [0, 0.05) is 103 Å². The third-order valence-electron chi connectivity index (χ3n) is 11.9. The van der Waals surface area contributed by atoms with Crippen molar-refractivity contribution in [2.75, 3.05) is 54.0 Å². The van der Waals surface area contributed by atoms with Crippen molar-refractivity contribution in [1.29, 1.82) is 15.8 Å². The maximum absolute atomic E-state index is 14.5. The molecule has 0 radical (unpaired) electrons. The Hall–Kier alpha value is -7.27. The first-order valence-corrected chi connectivity index (χ1v) is 22.5. The molecule has 0 saturated carbocycles. The Morgan fingerprint density at radius 2 is 0.943 bits per heavy atom. The van der Waals surface area contributed by atoms with Crippen molar-refractivity contribution < 1.29 is 35.9 Å². The molecule has 6 aromatic rings. The second-order valence-electron chi connectivity index (χ2n) is 18.9. The molecule has 19 heteroatoms. The molecule has 3 fully saturated rings. The van der Waals surface area contributed by atoms with Crippen molar-refractivity contribution in [2.45, 2.75) is 81.9 Å². The molecule has 4 N–H and O–H groups in total. The summed E-state index contributed by atoms with van der Waals surface area (Å²) < 4.78 is 89.2. The number of anilines is 3. The standard InChI is InChI=1S/C21H23F2N3O2.2C15H14F2N4/c1-20(2,3)28-18(27)9-14-10-21(22,23)13-26(12-14)17-7-6-15(11-24)19-16(17)5-4-8-25-19;2*16-15(17)6-11(19)8-21(9-15)13-4-3-10(7-18)14-12(13)2-1-5-20-14/h4-8,14H,9-10,12-13H2,1-3H3;2*1-5,11H,6,8-9,19H2. The highest BCUT2D eigenvalue weighted by atomic mass is 19.3. The summed E-state index contributed by atoms with van der Waals surface area (Å²) in [6.07, 6.45) is 3.74. The molecule has 9 rings (SSSR count). The number of nitriles is 3. The van der Waals surface area contributed by atoms with Gasteiger partial charge in [0.25, 0.3) is 17.8 Å². The van der Waals surface area contributed by atoms with Gasteiger partial charge in [-0.05, 0) is 99.5 Å². The van der Waals surface area contributed by atoms with Gasteiger partial charge in [-0.25, -0.2) is 26.3 Å². The van der Waals surface area contributed by atoms with Crippen LogP contribution < -0.4 is 26.2 Å².